The van der Waals surface area contributed by atoms with Gasteiger partial charge in [-0.3, -0.25) is 0 Å². The Morgan fingerprint density at radius 3 is 2.71 bits per heavy atom. The van der Waals surface area contributed by atoms with E-state index < -0.39 is 33.9 Å². The third-order valence-corrected chi connectivity index (χ3v) is 7.68. The van der Waals surface area contributed by atoms with E-state index in [1.807, 2.05) is 13.0 Å². The van der Waals surface area contributed by atoms with Gasteiger partial charge in [-0.2, -0.15) is 5.26 Å². The van der Waals surface area contributed by atoms with E-state index in [1.54, 1.807) is 12.3 Å². The molecule has 2 heterocycles. The lowest BCUT2D eigenvalue weighted by atomic mass is 9.83. The van der Waals surface area contributed by atoms with Crippen molar-refractivity contribution in [3.8, 4) is 6.07 Å². The van der Waals surface area contributed by atoms with Crippen molar-refractivity contribution in [3.05, 3.63) is 94.5 Å². The lowest BCUT2D eigenvalue weighted by Crippen LogP contribution is -2.28. The molecule has 0 amide bonds. The van der Waals surface area contributed by atoms with Gasteiger partial charge in [0.05, 0.1) is 28.6 Å². The minimum atomic E-state index is -4.02. The smallest absolute Gasteiger partial charge is 0.202 e. The predicted molar refractivity (Wildman–Crippen MR) is 124 cm³/mol. The number of nitrogens with one attached hydrogen (secondary N) is 1. The molecule has 3 aromatic rings. The number of pyridine rings is 1. The number of aryl methyl sites for hydroxylation is 1. The van der Waals surface area contributed by atoms with Crippen LogP contribution in [0, 0.1) is 24.2 Å². The van der Waals surface area contributed by atoms with Gasteiger partial charge in [-0.1, -0.05) is 12.7 Å². The van der Waals surface area contributed by atoms with Gasteiger partial charge in [0, 0.05) is 34.7 Å². The maximum atomic E-state index is 15.5. The van der Waals surface area contributed by atoms with E-state index >= 15 is 4.39 Å². The molecule has 1 aliphatic carbocycles. The van der Waals surface area contributed by atoms with E-state index in [0.29, 0.717) is 22.2 Å². The second-order valence-electron chi connectivity index (χ2n) is 8.17. The molecule has 2 aromatic heterocycles. The molecule has 6 nitrogen and oxygen atoms in total. The van der Waals surface area contributed by atoms with Gasteiger partial charge in [0.15, 0.2) is 0 Å². The molecule has 0 radical (unpaired) electrons. The van der Waals surface area contributed by atoms with Crippen molar-refractivity contribution in [2.24, 2.45) is 5.92 Å². The van der Waals surface area contributed by atoms with Crippen molar-refractivity contribution >= 4 is 20.9 Å². The number of aromatic amines is 1. The number of aromatic nitrogens is 2. The van der Waals surface area contributed by atoms with E-state index in [0.717, 1.165) is 11.6 Å². The van der Waals surface area contributed by atoms with Crippen LogP contribution in [0.5, 0.6) is 0 Å². The molecule has 1 aliphatic rings. The Morgan fingerprint density at radius 2 is 2.03 bits per heavy atom. The highest BCUT2D eigenvalue weighted by Gasteiger charge is 2.39. The lowest BCUT2D eigenvalue weighted by Gasteiger charge is -2.29. The van der Waals surface area contributed by atoms with E-state index in [1.165, 1.54) is 36.5 Å². The van der Waals surface area contributed by atoms with Crippen LogP contribution in [0.4, 0.5) is 8.78 Å². The van der Waals surface area contributed by atoms with Crippen molar-refractivity contribution in [3.63, 3.8) is 0 Å². The van der Waals surface area contributed by atoms with Crippen molar-refractivity contribution in [1.29, 1.82) is 5.26 Å². The fourth-order valence-corrected chi connectivity index (χ4v) is 5.18. The maximum Gasteiger partial charge on any atom is 0.202 e. The van der Waals surface area contributed by atoms with Crippen LogP contribution in [0.2, 0.25) is 0 Å². The number of hydrogen-bond acceptors (Lipinski definition) is 5. The topological polar surface area (TPSA) is 107 Å². The Kier molecular flexibility index (Phi) is 6.21. The molecule has 0 fully saturated rings. The van der Waals surface area contributed by atoms with Crippen LogP contribution < -0.4 is 0 Å². The number of aliphatic hydroxyl groups excluding tert-OH is 1. The van der Waals surface area contributed by atoms with Crippen LogP contribution in [0.25, 0.3) is 11.0 Å². The summed E-state index contributed by atoms with van der Waals surface area (Å²) in [7, 11) is -4.02. The SMILES string of the molecule is C=C(CC1=CC=C(F)C(C(O)c2c[nH]c3ncc(C)cc23)C1F)S(=O)(=O)c1ccc(C#N)cc1. The number of hydrogen-bond donors (Lipinski definition) is 2. The van der Waals surface area contributed by atoms with Crippen LogP contribution in [0.15, 0.2) is 82.7 Å². The van der Waals surface area contributed by atoms with Gasteiger partial charge in [0.1, 0.15) is 17.6 Å². The first-order valence-electron chi connectivity index (χ1n) is 10.4. The first-order valence-corrected chi connectivity index (χ1v) is 11.9. The fourth-order valence-electron chi connectivity index (χ4n) is 3.99. The average Bonchev–Trinajstić information content (AvgIpc) is 3.23. The highest BCUT2D eigenvalue weighted by atomic mass is 32.2. The standard InChI is InChI=1S/C25H21F2N3O3S/c1-14-9-19-20(13-30-25(19)29-12-14)24(31)22-21(26)8-5-17(23(22)27)10-15(2)34(32,33)18-6-3-16(11-28)4-7-18/h3-9,12-13,22-24,31H,2,10H2,1H3,(H,29,30). The molecule has 2 N–H and O–H groups in total. The fraction of sp³-hybridized carbons (Fsp3) is 0.200. The van der Waals surface area contributed by atoms with E-state index in [2.05, 4.69) is 16.5 Å². The van der Waals surface area contributed by atoms with Crippen molar-refractivity contribution in [2.45, 2.75) is 30.5 Å². The molecule has 1 aromatic carbocycles. The van der Waals surface area contributed by atoms with Gasteiger partial charge in [-0.25, -0.2) is 22.2 Å². The lowest BCUT2D eigenvalue weighted by molar-refractivity contribution is 0.0728. The van der Waals surface area contributed by atoms with Gasteiger partial charge >= 0.3 is 0 Å². The van der Waals surface area contributed by atoms with Crippen molar-refractivity contribution in [1.82, 2.24) is 9.97 Å². The number of benzene rings is 1. The van der Waals surface area contributed by atoms with Crippen LogP contribution in [0.3, 0.4) is 0 Å². The highest BCUT2D eigenvalue weighted by Crippen LogP contribution is 2.42. The Morgan fingerprint density at radius 1 is 1.32 bits per heavy atom. The van der Waals surface area contributed by atoms with Crippen LogP contribution in [-0.4, -0.2) is 29.7 Å². The molecule has 9 heteroatoms. The van der Waals surface area contributed by atoms with Crippen LogP contribution in [-0.2, 0) is 9.84 Å². The highest BCUT2D eigenvalue weighted by molar-refractivity contribution is 7.95. The monoisotopic (exact) mass is 481 g/mol. The normalized spacial score (nSPS) is 19.3. The Balaban J connectivity index is 1.59. The minimum Gasteiger partial charge on any atom is -0.387 e. The summed E-state index contributed by atoms with van der Waals surface area (Å²) in [6, 6.07) is 8.94. The number of sulfone groups is 1. The van der Waals surface area contributed by atoms with E-state index in [9.17, 15) is 17.9 Å². The number of halogens is 2. The number of alkyl halides is 1. The summed E-state index contributed by atoms with van der Waals surface area (Å²) in [5, 5.41) is 20.4. The summed E-state index contributed by atoms with van der Waals surface area (Å²) in [6.07, 6.45) is 1.45. The molecule has 0 saturated carbocycles. The van der Waals surface area contributed by atoms with Gasteiger partial charge in [-0.15, -0.1) is 0 Å². The average molecular weight is 482 g/mol. The quantitative estimate of drug-likeness (QED) is 0.521. The molecule has 0 spiro atoms. The van der Waals surface area contributed by atoms with Crippen LogP contribution in [0.1, 0.15) is 29.2 Å². The number of aliphatic hydroxyl groups is 1. The second-order valence-corrected chi connectivity index (χ2v) is 10.2. The van der Waals surface area contributed by atoms with Crippen molar-refractivity contribution in [2.75, 3.05) is 0 Å². The number of nitrogens with zero attached hydrogens (tertiary/aromatic N) is 2. The maximum absolute atomic E-state index is 15.5. The first-order chi connectivity index (χ1) is 16.1. The zero-order chi connectivity index (χ0) is 24.6. The van der Waals surface area contributed by atoms with Gasteiger partial charge < -0.3 is 10.1 Å². The zero-order valence-electron chi connectivity index (χ0n) is 18.2. The summed E-state index contributed by atoms with van der Waals surface area (Å²) in [6.45, 7) is 5.43. The predicted octanol–water partition coefficient (Wildman–Crippen LogP) is 4.90. The van der Waals surface area contributed by atoms with Crippen LogP contribution >= 0.6 is 0 Å². The molecule has 3 unspecified atom stereocenters. The summed E-state index contributed by atoms with van der Waals surface area (Å²) < 4.78 is 56.0. The Labute approximate surface area is 195 Å². The third kappa shape index (κ3) is 4.18. The molecular formula is C25H21F2N3O3S. The molecule has 0 aliphatic heterocycles. The molecule has 174 valence electrons. The summed E-state index contributed by atoms with van der Waals surface area (Å²) in [4.78, 5) is 6.75. The van der Waals surface area contributed by atoms with Gasteiger partial charge in [0.25, 0.3) is 0 Å². The summed E-state index contributed by atoms with van der Waals surface area (Å²) in [5.74, 6) is -2.40. The molecule has 3 atom stereocenters. The first kappa shape index (κ1) is 23.5. The molecular weight excluding hydrogens is 460 g/mol. The molecule has 34 heavy (non-hydrogen) atoms. The van der Waals surface area contributed by atoms with E-state index in [-0.39, 0.29) is 21.8 Å². The second kappa shape index (κ2) is 8.97. The molecule has 0 saturated heterocycles. The third-order valence-electron chi connectivity index (χ3n) is 5.88. The molecule has 4 rings (SSSR count). The Bertz CT molecular complexity index is 1480. The number of fused-ring (bicyclic) bond motifs is 1. The number of rotatable bonds is 6. The molecule has 0 bridgehead atoms. The number of H-pyrrole nitrogens is 1. The van der Waals surface area contributed by atoms with Crippen molar-refractivity contribution < 1.29 is 22.3 Å². The Hall–Kier alpha value is -3.61. The number of allylic oxidation sites excluding steroid dienone is 4. The number of nitriles is 1. The summed E-state index contributed by atoms with van der Waals surface area (Å²) in [5.41, 5.74) is 1.88. The minimum absolute atomic E-state index is 0.0122. The van der Waals surface area contributed by atoms with Gasteiger partial charge in [0.2, 0.25) is 9.84 Å². The summed E-state index contributed by atoms with van der Waals surface area (Å²) >= 11 is 0. The zero-order valence-corrected chi connectivity index (χ0v) is 19.0. The largest absolute Gasteiger partial charge is 0.387 e. The van der Waals surface area contributed by atoms with Gasteiger partial charge in [-0.05, 0) is 54.5 Å². The van der Waals surface area contributed by atoms with E-state index in [4.69, 9.17) is 5.26 Å².